The van der Waals surface area contributed by atoms with E-state index in [0.29, 0.717) is 16.5 Å². The summed E-state index contributed by atoms with van der Waals surface area (Å²) in [4.78, 5) is 25.3. The average molecular weight is 388 g/mol. The molecule has 0 saturated heterocycles. The summed E-state index contributed by atoms with van der Waals surface area (Å²) >= 11 is 6.41. The summed E-state index contributed by atoms with van der Waals surface area (Å²) in [6.45, 7) is 0. The number of benzene rings is 2. The Bertz CT molecular complexity index is 859. The molecule has 0 bridgehead atoms. The van der Waals surface area contributed by atoms with E-state index in [1.54, 1.807) is 18.2 Å². The van der Waals surface area contributed by atoms with Crippen LogP contribution in [0.15, 0.2) is 42.5 Å². The zero-order chi connectivity index (χ0) is 19.4. The normalized spacial score (nSPS) is 15.2. The summed E-state index contributed by atoms with van der Waals surface area (Å²) in [5.74, 6) is -0.250. The first kappa shape index (κ1) is 19.2. The van der Waals surface area contributed by atoms with Crippen LogP contribution in [0.5, 0.6) is 5.75 Å². The van der Waals surface area contributed by atoms with Crippen molar-refractivity contribution in [3.63, 3.8) is 0 Å². The van der Waals surface area contributed by atoms with Crippen molar-refractivity contribution in [2.45, 2.75) is 31.1 Å². The van der Waals surface area contributed by atoms with Gasteiger partial charge in [0.1, 0.15) is 11.3 Å². The molecule has 0 radical (unpaired) electrons. The second-order valence-corrected chi connectivity index (χ2v) is 7.04. The molecule has 0 heterocycles. The quantitative estimate of drug-likeness (QED) is 0.762. The number of halogens is 1. The number of nitrogens with one attached hydrogen (secondary N) is 1. The van der Waals surface area contributed by atoms with Crippen molar-refractivity contribution in [2.75, 3.05) is 19.5 Å². The average Bonchev–Trinajstić information content (AvgIpc) is 3.18. The van der Waals surface area contributed by atoms with Crippen LogP contribution < -0.4 is 10.1 Å². The summed E-state index contributed by atoms with van der Waals surface area (Å²) in [6.07, 6.45) is 3.41. The zero-order valence-electron chi connectivity index (χ0n) is 15.4. The maximum Gasteiger partial charge on any atom is 0.341 e. The van der Waals surface area contributed by atoms with Crippen molar-refractivity contribution in [1.82, 2.24) is 0 Å². The van der Waals surface area contributed by atoms with E-state index in [9.17, 15) is 9.59 Å². The minimum absolute atomic E-state index is 0.117. The SMILES string of the molecule is COC(=O)c1cc(NC(=O)C2(c3ccccc3Cl)CCCC2)ccc1OC. The summed E-state index contributed by atoms with van der Waals surface area (Å²) < 4.78 is 10.00. The highest BCUT2D eigenvalue weighted by Gasteiger charge is 2.43. The Hall–Kier alpha value is -2.53. The van der Waals surface area contributed by atoms with E-state index >= 15 is 0 Å². The van der Waals surface area contributed by atoms with Gasteiger partial charge in [0.25, 0.3) is 0 Å². The van der Waals surface area contributed by atoms with E-state index in [0.717, 1.165) is 31.2 Å². The summed E-state index contributed by atoms with van der Waals surface area (Å²) in [7, 11) is 2.78. The van der Waals surface area contributed by atoms with Gasteiger partial charge in [0.05, 0.1) is 19.6 Å². The lowest BCUT2D eigenvalue weighted by molar-refractivity contribution is -0.121. The lowest BCUT2D eigenvalue weighted by Crippen LogP contribution is -2.38. The molecular formula is C21H22ClNO4. The lowest BCUT2D eigenvalue weighted by atomic mass is 9.78. The van der Waals surface area contributed by atoms with Crippen LogP contribution in [0.2, 0.25) is 5.02 Å². The fraction of sp³-hybridized carbons (Fsp3) is 0.333. The van der Waals surface area contributed by atoms with E-state index in [1.807, 2.05) is 24.3 Å². The van der Waals surface area contributed by atoms with Gasteiger partial charge in [-0.15, -0.1) is 0 Å². The number of rotatable bonds is 5. The first-order valence-corrected chi connectivity index (χ1v) is 9.22. The molecule has 2 aromatic carbocycles. The molecule has 0 unspecified atom stereocenters. The predicted molar refractivity (Wildman–Crippen MR) is 105 cm³/mol. The first-order valence-electron chi connectivity index (χ1n) is 8.84. The molecule has 0 atom stereocenters. The second-order valence-electron chi connectivity index (χ2n) is 6.63. The molecular weight excluding hydrogens is 366 g/mol. The molecule has 2 aromatic rings. The van der Waals surface area contributed by atoms with Crippen LogP contribution in [-0.4, -0.2) is 26.1 Å². The van der Waals surface area contributed by atoms with Crippen LogP contribution in [0.1, 0.15) is 41.6 Å². The Morgan fingerprint density at radius 1 is 1.07 bits per heavy atom. The van der Waals surface area contributed by atoms with Gasteiger partial charge in [-0.05, 0) is 42.7 Å². The van der Waals surface area contributed by atoms with E-state index in [-0.39, 0.29) is 11.5 Å². The smallest absolute Gasteiger partial charge is 0.341 e. The second kappa shape index (κ2) is 8.01. The van der Waals surface area contributed by atoms with Crippen LogP contribution in [0.3, 0.4) is 0 Å². The summed E-state index contributed by atoms with van der Waals surface area (Å²) in [5.41, 5.74) is 0.961. The number of carbonyl (C=O) groups excluding carboxylic acids is 2. The molecule has 142 valence electrons. The molecule has 3 rings (SSSR count). The molecule has 0 aliphatic heterocycles. The van der Waals surface area contributed by atoms with Crippen molar-refractivity contribution in [3.8, 4) is 5.75 Å². The monoisotopic (exact) mass is 387 g/mol. The van der Waals surface area contributed by atoms with Crippen molar-refractivity contribution >= 4 is 29.2 Å². The predicted octanol–water partition coefficient (Wildman–Crippen LogP) is 4.59. The van der Waals surface area contributed by atoms with Gasteiger partial charge in [-0.2, -0.15) is 0 Å². The maximum absolute atomic E-state index is 13.3. The number of amides is 1. The van der Waals surface area contributed by atoms with Gasteiger partial charge in [-0.1, -0.05) is 42.6 Å². The van der Waals surface area contributed by atoms with Crippen LogP contribution in [0.25, 0.3) is 0 Å². The van der Waals surface area contributed by atoms with E-state index in [1.165, 1.54) is 14.2 Å². The minimum Gasteiger partial charge on any atom is -0.496 e. The molecule has 27 heavy (non-hydrogen) atoms. The molecule has 1 N–H and O–H groups in total. The van der Waals surface area contributed by atoms with Gasteiger partial charge in [0, 0.05) is 10.7 Å². The molecule has 5 nitrogen and oxygen atoms in total. The molecule has 1 aliphatic rings. The Balaban J connectivity index is 1.94. The maximum atomic E-state index is 13.3. The number of anilines is 1. The third-order valence-corrected chi connectivity index (χ3v) is 5.47. The molecule has 1 saturated carbocycles. The Morgan fingerprint density at radius 2 is 1.78 bits per heavy atom. The topological polar surface area (TPSA) is 64.6 Å². The Labute approximate surface area is 163 Å². The fourth-order valence-corrected chi connectivity index (χ4v) is 4.07. The van der Waals surface area contributed by atoms with Crippen molar-refractivity contribution in [2.24, 2.45) is 0 Å². The molecule has 0 spiro atoms. The van der Waals surface area contributed by atoms with Gasteiger partial charge in [-0.25, -0.2) is 4.79 Å². The van der Waals surface area contributed by atoms with Gasteiger partial charge >= 0.3 is 5.97 Å². The number of carbonyl (C=O) groups is 2. The first-order chi connectivity index (χ1) is 13.0. The molecule has 1 aliphatic carbocycles. The van der Waals surface area contributed by atoms with Gasteiger partial charge < -0.3 is 14.8 Å². The number of methoxy groups -OCH3 is 2. The Morgan fingerprint density at radius 3 is 2.41 bits per heavy atom. The van der Waals surface area contributed by atoms with Crippen molar-refractivity contribution < 1.29 is 19.1 Å². The van der Waals surface area contributed by atoms with E-state index in [4.69, 9.17) is 21.1 Å². The van der Waals surface area contributed by atoms with Crippen molar-refractivity contribution in [1.29, 1.82) is 0 Å². The molecule has 6 heteroatoms. The minimum atomic E-state index is -0.663. The van der Waals surface area contributed by atoms with Crippen LogP contribution in [-0.2, 0) is 14.9 Å². The number of ether oxygens (including phenoxy) is 2. The number of hydrogen-bond acceptors (Lipinski definition) is 4. The van der Waals surface area contributed by atoms with E-state index < -0.39 is 11.4 Å². The van der Waals surface area contributed by atoms with Crippen LogP contribution in [0, 0.1) is 0 Å². The van der Waals surface area contributed by atoms with Crippen LogP contribution in [0.4, 0.5) is 5.69 Å². The lowest BCUT2D eigenvalue weighted by Gasteiger charge is -2.29. The third kappa shape index (κ3) is 3.65. The summed E-state index contributed by atoms with van der Waals surface area (Å²) in [6, 6.07) is 12.4. The molecule has 1 fully saturated rings. The van der Waals surface area contributed by atoms with Gasteiger partial charge in [0.15, 0.2) is 0 Å². The van der Waals surface area contributed by atoms with Crippen molar-refractivity contribution in [3.05, 3.63) is 58.6 Å². The number of esters is 1. The zero-order valence-corrected chi connectivity index (χ0v) is 16.1. The highest BCUT2D eigenvalue weighted by molar-refractivity contribution is 6.32. The molecule has 1 amide bonds. The largest absolute Gasteiger partial charge is 0.496 e. The summed E-state index contributed by atoms with van der Waals surface area (Å²) in [5, 5.41) is 3.56. The standard InChI is InChI=1S/C21H22ClNO4/c1-26-18-10-9-14(13-15(18)19(24)27-2)23-20(25)21(11-5-6-12-21)16-7-3-4-8-17(16)22/h3-4,7-10,13H,5-6,11-12H2,1-2H3,(H,23,25). The highest BCUT2D eigenvalue weighted by Crippen LogP contribution is 2.44. The van der Waals surface area contributed by atoms with E-state index in [2.05, 4.69) is 5.32 Å². The fourth-order valence-electron chi connectivity index (χ4n) is 3.75. The van der Waals surface area contributed by atoms with Crippen LogP contribution >= 0.6 is 11.6 Å². The highest BCUT2D eigenvalue weighted by atomic mass is 35.5. The third-order valence-electron chi connectivity index (χ3n) is 5.14. The van der Waals surface area contributed by atoms with Gasteiger partial charge in [-0.3, -0.25) is 4.79 Å². The Kier molecular flexibility index (Phi) is 5.71. The van der Waals surface area contributed by atoms with Gasteiger partial charge in [0.2, 0.25) is 5.91 Å². The number of hydrogen-bond donors (Lipinski definition) is 1. The molecule has 0 aromatic heterocycles.